The largest absolute Gasteiger partial charge is 0.379 e. The summed E-state index contributed by atoms with van der Waals surface area (Å²) in [5.41, 5.74) is 0.266. The monoisotopic (exact) mass is 575 g/mol. The lowest BCUT2D eigenvalue weighted by molar-refractivity contribution is -0.0352. The van der Waals surface area contributed by atoms with E-state index >= 15 is 0 Å². The number of halogens is 1. The van der Waals surface area contributed by atoms with Crippen LogP contribution in [-0.4, -0.2) is 80.8 Å². The quantitative estimate of drug-likeness (QED) is 0.295. The minimum atomic E-state index is 0. The van der Waals surface area contributed by atoms with E-state index in [-0.39, 0.29) is 29.5 Å². The molecule has 3 heterocycles. The van der Waals surface area contributed by atoms with Crippen LogP contribution in [0.25, 0.3) is 0 Å². The molecule has 8 heteroatoms. The minimum absolute atomic E-state index is 0. The first-order chi connectivity index (χ1) is 15.3. The van der Waals surface area contributed by atoms with Gasteiger partial charge in [0.25, 0.3) is 0 Å². The summed E-state index contributed by atoms with van der Waals surface area (Å²) in [6, 6.07) is 4.42. The Bertz CT molecular complexity index is 674. The highest BCUT2D eigenvalue weighted by Gasteiger charge is 2.38. The third-order valence-electron chi connectivity index (χ3n) is 7.40. The summed E-state index contributed by atoms with van der Waals surface area (Å²) in [4.78, 5) is 11.3. The molecule has 3 fully saturated rings. The zero-order valence-electron chi connectivity index (χ0n) is 19.7. The van der Waals surface area contributed by atoms with Crippen molar-refractivity contribution in [3.63, 3.8) is 0 Å². The van der Waals surface area contributed by atoms with Gasteiger partial charge >= 0.3 is 0 Å². The van der Waals surface area contributed by atoms with E-state index < -0.39 is 0 Å². The van der Waals surface area contributed by atoms with E-state index in [0.717, 1.165) is 51.9 Å². The van der Waals surface area contributed by atoms with Crippen LogP contribution in [0.3, 0.4) is 0 Å². The van der Waals surface area contributed by atoms with Crippen molar-refractivity contribution in [1.82, 2.24) is 20.4 Å². The fourth-order valence-electron chi connectivity index (χ4n) is 5.65. The second-order valence-electron chi connectivity index (χ2n) is 9.51. The highest BCUT2D eigenvalue weighted by molar-refractivity contribution is 14.0. The van der Waals surface area contributed by atoms with Crippen LogP contribution < -0.4 is 10.6 Å². The second kappa shape index (κ2) is 13.5. The molecular formula is C24H42IN5OS. The molecule has 4 rings (SSSR count). The van der Waals surface area contributed by atoms with Crippen molar-refractivity contribution in [2.75, 3.05) is 59.5 Å². The first-order valence-corrected chi connectivity index (χ1v) is 13.2. The molecule has 1 saturated carbocycles. The number of nitrogens with zero attached hydrogens (tertiary/aromatic N) is 3. The van der Waals surface area contributed by atoms with E-state index in [9.17, 15) is 0 Å². The normalized spacial score (nSPS) is 25.2. The minimum Gasteiger partial charge on any atom is -0.379 e. The summed E-state index contributed by atoms with van der Waals surface area (Å²) in [6.07, 6.45) is 9.24. The van der Waals surface area contributed by atoms with Gasteiger partial charge in [-0.25, -0.2) is 0 Å². The van der Waals surface area contributed by atoms with Crippen molar-refractivity contribution in [3.05, 3.63) is 22.4 Å². The van der Waals surface area contributed by atoms with Crippen LogP contribution in [0.1, 0.15) is 49.8 Å². The van der Waals surface area contributed by atoms with E-state index in [0.29, 0.717) is 5.92 Å². The molecule has 3 aliphatic rings. The Morgan fingerprint density at radius 1 is 1.16 bits per heavy atom. The van der Waals surface area contributed by atoms with Crippen molar-refractivity contribution in [3.8, 4) is 0 Å². The maximum atomic E-state index is 5.63. The van der Waals surface area contributed by atoms with Crippen LogP contribution in [0.15, 0.2) is 22.5 Å². The molecule has 2 saturated heterocycles. The lowest BCUT2D eigenvalue weighted by Crippen LogP contribution is -2.60. The lowest BCUT2D eigenvalue weighted by atomic mass is 9.80. The third-order valence-corrected chi connectivity index (χ3v) is 8.26. The molecule has 6 nitrogen and oxygen atoms in total. The van der Waals surface area contributed by atoms with Gasteiger partial charge in [0.1, 0.15) is 0 Å². The predicted molar refractivity (Wildman–Crippen MR) is 145 cm³/mol. The topological polar surface area (TPSA) is 52.1 Å². The van der Waals surface area contributed by atoms with Gasteiger partial charge in [-0.15, -0.1) is 35.3 Å². The van der Waals surface area contributed by atoms with Crippen molar-refractivity contribution < 1.29 is 4.74 Å². The molecular weight excluding hydrogens is 533 g/mol. The molecule has 0 radical (unpaired) electrons. The maximum absolute atomic E-state index is 5.63. The van der Waals surface area contributed by atoms with Crippen molar-refractivity contribution in [2.24, 2.45) is 10.9 Å². The molecule has 2 N–H and O–H groups in total. The number of guanidine groups is 1. The van der Waals surface area contributed by atoms with E-state index in [1.165, 1.54) is 62.9 Å². The fourth-order valence-corrected chi connectivity index (χ4v) is 6.39. The number of morpholine rings is 1. The molecule has 1 aliphatic carbocycles. The van der Waals surface area contributed by atoms with Gasteiger partial charge in [0.15, 0.2) is 5.96 Å². The van der Waals surface area contributed by atoms with Crippen LogP contribution >= 0.6 is 35.3 Å². The Kier molecular flexibility index (Phi) is 11.0. The average molecular weight is 576 g/mol. The number of nitrogens with one attached hydrogen (secondary N) is 2. The number of likely N-dealkylation sites (tertiary alicyclic amines) is 1. The highest BCUT2D eigenvalue weighted by atomic mass is 127. The summed E-state index contributed by atoms with van der Waals surface area (Å²) in [7, 11) is 1.90. The lowest BCUT2D eigenvalue weighted by Gasteiger charge is -2.48. The summed E-state index contributed by atoms with van der Waals surface area (Å²) in [5, 5.41) is 9.54. The van der Waals surface area contributed by atoms with Crippen molar-refractivity contribution in [1.29, 1.82) is 0 Å². The predicted octanol–water partition coefficient (Wildman–Crippen LogP) is 3.78. The van der Waals surface area contributed by atoms with Gasteiger partial charge in [0.05, 0.1) is 13.2 Å². The number of aliphatic imine (C=N–C) groups is 1. The maximum Gasteiger partial charge on any atom is 0.191 e. The molecule has 32 heavy (non-hydrogen) atoms. The SMILES string of the molecule is CN=C(NCC1CCCN(Cc2cccs2)C1)NCC1(N2CCOCC2)CCCCC1.I. The number of hydrogen-bond acceptors (Lipinski definition) is 5. The van der Waals surface area contributed by atoms with Gasteiger partial charge in [-0.05, 0) is 49.6 Å². The van der Waals surface area contributed by atoms with Gasteiger partial charge in [-0.1, -0.05) is 25.3 Å². The summed E-state index contributed by atoms with van der Waals surface area (Å²) < 4.78 is 5.63. The standard InChI is InChI=1S/C24H41N5OS.HI/c1-25-23(26-17-21-7-5-11-28(18-21)19-22-8-6-16-31-22)27-20-24(9-3-2-4-10-24)29-12-14-30-15-13-29;/h6,8,16,21H,2-5,7,9-15,17-20H2,1H3,(H2,25,26,27);1H. The molecule has 1 aromatic heterocycles. The smallest absolute Gasteiger partial charge is 0.191 e. The van der Waals surface area contributed by atoms with E-state index in [1.807, 2.05) is 18.4 Å². The molecule has 1 aromatic rings. The Morgan fingerprint density at radius 3 is 2.69 bits per heavy atom. The Hall–Kier alpha value is -0.420. The van der Waals surface area contributed by atoms with Crippen LogP contribution in [0, 0.1) is 5.92 Å². The third kappa shape index (κ3) is 7.29. The van der Waals surface area contributed by atoms with Gasteiger partial charge in [0.2, 0.25) is 0 Å². The molecule has 0 spiro atoms. The summed E-state index contributed by atoms with van der Waals surface area (Å²) in [5.74, 6) is 1.66. The molecule has 0 aromatic carbocycles. The van der Waals surface area contributed by atoms with Gasteiger partial charge in [-0.3, -0.25) is 14.8 Å². The number of ether oxygens (including phenoxy) is 1. The first-order valence-electron chi connectivity index (χ1n) is 12.3. The molecule has 2 aliphatic heterocycles. The molecule has 1 unspecified atom stereocenters. The first kappa shape index (κ1) is 26.2. The number of hydrogen-bond donors (Lipinski definition) is 2. The highest BCUT2D eigenvalue weighted by Crippen LogP contribution is 2.33. The zero-order valence-corrected chi connectivity index (χ0v) is 22.8. The van der Waals surface area contributed by atoms with Crippen molar-refractivity contribution in [2.45, 2.75) is 57.0 Å². The van der Waals surface area contributed by atoms with E-state index in [2.05, 4.69) is 42.9 Å². The van der Waals surface area contributed by atoms with E-state index in [1.54, 1.807) is 0 Å². The number of thiophene rings is 1. The summed E-state index contributed by atoms with van der Waals surface area (Å²) >= 11 is 1.87. The van der Waals surface area contributed by atoms with Crippen LogP contribution in [0.4, 0.5) is 0 Å². The molecule has 0 amide bonds. The zero-order chi connectivity index (χ0) is 21.4. The average Bonchev–Trinajstić information content (AvgIpc) is 3.34. The summed E-state index contributed by atoms with van der Waals surface area (Å²) in [6.45, 7) is 9.38. The number of piperidine rings is 1. The molecule has 1 atom stereocenters. The number of rotatable bonds is 7. The van der Waals surface area contributed by atoms with Crippen LogP contribution in [0.5, 0.6) is 0 Å². The Balaban J connectivity index is 0.00000289. The van der Waals surface area contributed by atoms with Gasteiger partial charge in [0, 0.05) is 56.7 Å². The van der Waals surface area contributed by atoms with Gasteiger partial charge in [-0.2, -0.15) is 0 Å². The van der Waals surface area contributed by atoms with Crippen molar-refractivity contribution >= 4 is 41.3 Å². The van der Waals surface area contributed by atoms with Crippen LogP contribution in [-0.2, 0) is 11.3 Å². The fraction of sp³-hybridized carbons (Fsp3) is 0.792. The van der Waals surface area contributed by atoms with Gasteiger partial charge < -0.3 is 15.4 Å². The van der Waals surface area contributed by atoms with Crippen LogP contribution in [0.2, 0.25) is 0 Å². The second-order valence-corrected chi connectivity index (χ2v) is 10.5. The van der Waals surface area contributed by atoms with E-state index in [4.69, 9.17) is 4.74 Å². The Labute approximate surface area is 215 Å². The molecule has 0 bridgehead atoms. The Morgan fingerprint density at radius 2 is 1.97 bits per heavy atom. The molecule has 182 valence electrons.